The maximum Gasteiger partial charge on any atom is 0.418 e. The van der Waals surface area contributed by atoms with Crippen LogP contribution in [0.3, 0.4) is 0 Å². The lowest BCUT2D eigenvalue weighted by molar-refractivity contribution is -0.148. The summed E-state index contributed by atoms with van der Waals surface area (Å²) < 4.78 is 63.2. The Labute approximate surface area is 175 Å². The first-order valence-electron chi connectivity index (χ1n) is 9.66. The van der Waals surface area contributed by atoms with Crippen LogP contribution in [0.1, 0.15) is 25.3 Å². The maximum absolute atomic E-state index is 14.0. The smallest absolute Gasteiger partial charge is 0.418 e. The number of para-hydroxylation sites is 1. The number of hydrogen-bond acceptors (Lipinski definition) is 5. The first kappa shape index (κ1) is 22.6. The number of carbonyl (C=O) groups excluding carboxylic acids is 3. The van der Waals surface area contributed by atoms with Gasteiger partial charge < -0.3 is 19.7 Å². The molecule has 0 aromatic heterocycles. The Bertz CT molecular complexity index is 855. The van der Waals surface area contributed by atoms with Crippen LogP contribution in [0.25, 0.3) is 0 Å². The van der Waals surface area contributed by atoms with Crippen LogP contribution in [-0.2, 0) is 20.4 Å². The predicted octanol–water partition coefficient (Wildman–Crippen LogP) is 3.22. The van der Waals surface area contributed by atoms with Crippen LogP contribution < -0.4 is 5.32 Å². The molecule has 1 atom stereocenters. The number of urea groups is 1. The van der Waals surface area contributed by atoms with Gasteiger partial charge in [-0.3, -0.25) is 4.90 Å². The van der Waals surface area contributed by atoms with Gasteiger partial charge >= 0.3 is 24.3 Å². The fourth-order valence-electron chi connectivity index (χ4n) is 3.68. The summed E-state index contributed by atoms with van der Waals surface area (Å²) in [5.41, 5.74) is -2.22. The highest BCUT2D eigenvalue weighted by atomic mass is 19.4. The quantitative estimate of drug-likeness (QED) is 0.566. The van der Waals surface area contributed by atoms with Crippen LogP contribution in [0.5, 0.6) is 0 Å². The molecular weight excluding hydrogens is 426 g/mol. The number of cyclic esters (lactones) is 1. The molecule has 2 aliphatic rings. The number of likely N-dealkylation sites (tertiary alicyclic amines) is 1. The summed E-state index contributed by atoms with van der Waals surface area (Å²) in [6.45, 7) is 1.83. The fraction of sp³-hybridized carbons (Fsp3) is 0.526. The van der Waals surface area contributed by atoms with E-state index in [0.29, 0.717) is 6.07 Å². The average molecular weight is 447 g/mol. The van der Waals surface area contributed by atoms with E-state index in [0.717, 1.165) is 12.1 Å². The number of ether oxygens (including phenoxy) is 2. The van der Waals surface area contributed by atoms with Crippen molar-refractivity contribution in [2.45, 2.75) is 38.0 Å². The number of nitrogens with zero attached hydrogens (tertiary/aromatic N) is 2. The predicted molar refractivity (Wildman–Crippen MR) is 98.6 cm³/mol. The van der Waals surface area contributed by atoms with E-state index in [1.807, 2.05) is 5.32 Å². The maximum atomic E-state index is 14.0. The molecule has 0 bridgehead atoms. The highest BCUT2D eigenvalue weighted by molar-refractivity contribution is 5.90. The van der Waals surface area contributed by atoms with Crippen LogP contribution in [0, 0.1) is 5.82 Å². The minimum Gasteiger partial charge on any atom is -0.464 e. The van der Waals surface area contributed by atoms with E-state index in [4.69, 9.17) is 9.47 Å². The summed E-state index contributed by atoms with van der Waals surface area (Å²) in [6, 6.07) is 0.234. The lowest BCUT2D eigenvalue weighted by Crippen LogP contribution is -2.52. The second kappa shape index (κ2) is 8.98. The van der Waals surface area contributed by atoms with E-state index in [1.165, 1.54) is 9.80 Å². The first-order chi connectivity index (χ1) is 14.6. The molecule has 170 valence electrons. The third-order valence-corrected chi connectivity index (χ3v) is 5.17. The monoisotopic (exact) mass is 447 g/mol. The number of esters is 1. The lowest BCUT2D eigenvalue weighted by atomic mass is 10.0. The first-order valence-corrected chi connectivity index (χ1v) is 9.66. The van der Waals surface area contributed by atoms with Crippen molar-refractivity contribution in [1.82, 2.24) is 9.80 Å². The van der Waals surface area contributed by atoms with E-state index in [9.17, 15) is 31.9 Å². The van der Waals surface area contributed by atoms with Crippen LogP contribution in [0.15, 0.2) is 18.2 Å². The number of carbonyl (C=O) groups is 3. The van der Waals surface area contributed by atoms with Crippen LogP contribution in [-0.4, -0.2) is 66.3 Å². The second-order valence-electron chi connectivity index (χ2n) is 7.06. The number of amides is 3. The SMILES string of the molecule is CCOC(=O)C1COC(=O)N1C1CCN(C(=O)Nc2c(F)cccc2C(F)(F)F)CC1. The van der Waals surface area contributed by atoms with Gasteiger partial charge in [-0.15, -0.1) is 0 Å². The number of rotatable bonds is 4. The van der Waals surface area contributed by atoms with Gasteiger partial charge in [0.25, 0.3) is 0 Å². The zero-order valence-corrected chi connectivity index (χ0v) is 16.6. The molecule has 0 saturated carbocycles. The molecule has 1 aromatic carbocycles. The molecule has 8 nitrogen and oxygen atoms in total. The summed E-state index contributed by atoms with van der Waals surface area (Å²) in [7, 11) is 0. The standard InChI is InChI=1S/C19H21F4N3O5/c1-2-30-16(27)14-10-31-18(29)26(14)11-6-8-25(9-7-11)17(28)24-15-12(19(21,22)23)4-3-5-13(15)20/h3-5,11,14H,2,6-10H2,1H3,(H,24,28). The molecule has 0 radical (unpaired) electrons. The molecule has 0 aliphatic carbocycles. The number of piperidine rings is 1. The number of nitrogens with one attached hydrogen (secondary N) is 1. The number of halogens is 4. The normalized spacial score (nSPS) is 19.9. The molecule has 1 unspecified atom stereocenters. The van der Waals surface area contributed by atoms with Gasteiger partial charge in [-0.1, -0.05) is 6.07 Å². The zero-order valence-electron chi connectivity index (χ0n) is 16.6. The molecule has 1 aromatic rings. The van der Waals surface area contributed by atoms with Gasteiger partial charge in [0.15, 0.2) is 6.04 Å². The van der Waals surface area contributed by atoms with Crippen LogP contribution in [0.4, 0.5) is 32.8 Å². The van der Waals surface area contributed by atoms with E-state index < -0.39 is 53.4 Å². The molecule has 0 spiro atoms. The number of benzene rings is 1. The van der Waals surface area contributed by atoms with Crippen molar-refractivity contribution in [2.75, 3.05) is 31.6 Å². The Morgan fingerprint density at radius 3 is 2.55 bits per heavy atom. The van der Waals surface area contributed by atoms with Crippen molar-refractivity contribution >= 4 is 23.8 Å². The summed E-state index contributed by atoms with van der Waals surface area (Å²) in [6.07, 6.45) is -4.97. The Morgan fingerprint density at radius 1 is 1.26 bits per heavy atom. The van der Waals surface area contributed by atoms with Crippen molar-refractivity contribution in [2.24, 2.45) is 0 Å². The van der Waals surface area contributed by atoms with Crippen molar-refractivity contribution in [1.29, 1.82) is 0 Å². The van der Waals surface area contributed by atoms with Crippen molar-refractivity contribution < 1.29 is 41.4 Å². The van der Waals surface area contributed by atoms with Crippen molar-refractivity contribution in [3.05, 3.63) is 29.6 Å². The van der Waals surface area contributed by atoms with Crippen LogP contribution in [0.2, 0.25) is 0 Å². The molecule has 3 amide bonds. The minimum absolute atomic E-state index is 0.0889. The lowest BCUT2D eigenvalue weighted by Gasteiger charge is -2.37. The number of alkyl halides is 3. The largest absolute Gasteiger partial charge is 0.464 e. The van der Waals surface area contributed by atoms with Gasteiger partial charge in [0.05, 0.1) is 17.9 Å². The molecule has 2 saturated heterocycles. The molecular formula is C19H21F4N3O5. The molecule has 31 heavy (non-hydrogen) atoms. The summed E-state index contributed by atoms with van der Waals surface area (Å²) >= 11 is 0. The molecule has 2 fully saturated rings. The Kier molecular flexibility index (Phi) is 6.56. The third kappa shape index (κ3) is 4.83. The number of hydrogen-bond donors (Lipinski definition) is 1. The highest BCUT2D eigenvalue weighted by Crippen LogP contribution is 2.36. The van der Waals surface area contributed by atoms with Gasteiger partial charge in [0.2, 0.25) is 0 Å². The van der Waals surface area contributed by atoms with E-state index in [1.54, 1.807) is 6.92 Å². The number of anilines is 1. The Hall–Kier alpha value is -3.05. The summed E-state index contributed by atoms with van der Waals surface area (Å²) in [4.78, 5) is 39.1. The summed E-state index contributed by atoms with van der Waals surface area (Å²) in [5, 5.41) is 2.00. The Balaban J connectivity index is 1.65. The van der Waals surface area contributed by atoms with Gasteiger partial charge in [0, 0.05) is 19.1 Å². The van der Waals surface area contributed by atoms with Crippen molar-refractivity contribution in [3.8, 4) is 0 Å². The zero-order chi connectivity index (χ0) is 22.8. The van der Waals surface area contributed by atoms with Gasteiger partial charge in [-0.05, 0) is 31.9 Å². The molecule has 3 rings (SSSR count). The van der Waals surface area contributed by atoms with Crippen LogP contribution >= 0.6 is 0 Å². The Morgan fingerprint density at radius 2 is 1.94 bits per heavy atom. The molecule has 2 heterocycles. The van der Waals surface area contributed by atoms with Crippen molar-refractivity contribution in [3.63, 3.8) is 0 Å². The van der Waals surface area contributed by atoms with Gasteiger partial charge in [-0.25, -0.2) is 18.8 Å². The van der Waals surface area contributed by atoms with E-state index in [-0.39, 0.29) is 39.1 Å². The van der Waals surface area contributed by atoms with E-state index >= 15 is 0 Å². The molecule has 2 aliphatic heterocycles. The fourth-order valence-corrected chi connectivity index (χ4v) is 3.68. The molecule has 12 heteroatoms. The second-order valence-corrected chi connectivity index (χ2v) is 7.06. The minimum atomic E-state index is -4.84. The molecule has 1 N–H and O–H groups in total. The summed E-state index contributed by atoms with van der Waals surface area (Å²) in [5.74, 6) is -1.79. The van der Waals surface area contributed by atoms with E-state index in [2.05, 4.69) is 0 Å². The third-order valence-electron chi connectivity index (χ3n) is 5.17. The highest BCUT2D eigenvalue weighted by Gasteiger charge is 2.44. The van der Waals surface area contributed by atoms with Gasteiger partial charge in [-0.2, -0.15) is 13.2 Å². The average Bonchev–Trinajstić information content (AvgIpc) is 3.10. The topological polar surface area (TPSA) is 88.2 Å². The van der Waals surface area contributed by atoms with Gasteiger partial charge in [0.1, 0.15) is 12.4 Å².